The Morgan fingerprint density at radius 1 is 1.38 bits per heavy atom. The van der Waals surface area contributed by atoms with Gasteiger partial charge in [-0.2, -0.15) is 0 Å². The molecule has 2 heterocycles. The lowest BCUT2D eigenvalue weighted by Gasteiger charge is -2.40. The summed E-state index contributed by atoms with van der Waals surface area (Å²) in [4.78, 5) is 6.74. The molecular weight excluding hydrogens is 300 g/mol. The molecule has 0 spiro atoms. The minimum atomic E-state index is -0.507. The summed E-state index contributed by atoms with van der Waals surface area (Å²) in [7, 11) is 3.79. The fraction of sp³-hybridized carbons (Fsp3) is 0.550. The molecule has 1 N–H and O–H groups in total. The Bertz CT molecular complexity index is 688. The van der Waals surface area contributed by atoms with Crippen LogP contribution in [0.5, 0.6) is 5.75 Å². The molecule has 0 radical (unpaired) electrons. The molecule has 4 heteroatoms. The number of hydrogen-bond acceptors (Lipinski definition) is 4. The van der Waals surface area contributed by atoms with Crippen LogP contribution in [-0.4, -0.2) is 41.7 Å². The third-order valence-electron chi connectivity index (χ3n) is 5.39. The molecule has 1 aliphatic rings. The molecule has 3 rings (SSSR count). The van der Waals surface area contributed by atoms with Crippen molar-refractivity contribution in [3.63, 3.8) is 0 Å². The van der Waals surface area contributed by atoms with Crippen molar-refractivity contribution in [1.82, 2.24) is 9.88 Å². The van der Waals surface area contributed by atoms with E-state index in [1.54, 1.807) is 13.3 Å². The van der Waals surface area contributed by atoms with Crippen molar-refractivity contribution in [3.05, 3.63) is 36.0 Å². The largest absolute Gasteiger partial charge is 0.497 e. The maximum atomic E-state index is 11.2. The van der Waals surface area contributed by atoms with Crippen LogP contribution in [-0.2, 0) is 0 Å². The van der Waals surface area contributed by atoms with Crippen LogP contribution in [0.4, 0.5) is 0 Å². The molecule has 0 aliphatic carbocycles. The first-order valence-electron chi connectivity index (χ1n) is 8.95. The second kappa shape index (κ2) is 7.49. The summed E-state index contributed by atoms with van der Waals surface area (Å²) in [5.41, 5.74) is 1.85. The van der Waals surface area contributed by atoms with Gasteiger partial charge in [0, 0.05) is 17.6 Å². The Hall–Kier alpha value is -1.65. The van der Waals surface area contributed by atoms with Gasteiger partial charge in [0.25, 0.3) is 0 Å². The third-order valence-corrected chi connectivity index (χ3v) is 5.39. The number of likely N-dealkylation sites (N-methyl/N-ethyl adjacent to an activating group) is 1. The maximum absolute atomic E-state index is 11.2. The van der Waals surface area contributed by atoms with Gasteiger partial charge in [0.05, 0.1) is 18.7 Å². The van der Waals surface area contributed by atoms with Crippen LogP contribution in [0.25, 0.3) is 10.9 Å². The number of benzene rings is 1. The molecule has 130 valence electrons. The number of rotatable bonds is 5. The van der Waals surface area contributed by atoms with Gasteiger partial charge < -0.3 is 14.7 Å². The van der Waals surface area contributed by atoms with Gasteiger partial charge in [-0.05, 0) is 62.2 Å². The second-order valence-electron chi connectivity index (χ2n) is 6.96. The summed E-state index contributed by atoms with van der Waals surface area (Å²) in [6, 6.07) is 7.95. The van der Waals surface area contributed by atoms with Gasteiger partial charge in [-0.1, -0.05) is 19.8 Å². The third kappa shape index (κ3) is 3.40. The van der Waals surface area contributed by atoms with E-state index < -0.39 is 6.10 Å². The summed E-state index contributed by atoms with van der Waals surface area (Å²) in [6.45, 7) is 3.30. The SMILES string of the molecule is CCCC1CCN(C)C(C(O)c2ccnc3ccc(OC)cc23)C1. The standard InChI is InChI=1S/C20H28N2O2/c1-4-5-14-9-11-22(2)19(12-14)20(23)16-8-10-21-18-7-6-15(24-3)13-17(16)18/h6-8,10,13-14,19-20,23H,4-5,9,11-12H2,1-3H3. The number of aromatic nitrogens is 1. The van der Waals surface area contributed by atoms with Crippen LogP contribution in [0.15, 0.2) is 30.5 Å². The highest BCUT2D eigenvalue weighted by atomic mass is 16.5. The van der Waals surface area contributed by atoms with E-state index in [0.717, 1.165) is 35.2 Å². The number of methoxy groups -OCH3 is 1. The molecule has 1 fully saturated rings. The first-order chi connectivity index (χ1) is 11.6. The Morgan fingerprint density at radius 3 is 2.96 bits per heavy atom. The highest BCUT2D eigenvalue weighted by Gasteiger charge is 2.32. The number of aliphatic hydroxyl groups is 1. The average Bonchev–Trinajstić information content (AvgIpc) is 2.62. The van der Waals surface area contributed by atoms with Gasteiger partial charge in [-0.15, -0.1) is 0 Å². The van der Waals surface area contributed by atoms with Gasteiger partial charge >= 0.3 is 0 Å². The number of nitrogens with zero attached hydrogens (tertiary/aromatic N) is 2. The molecule has 3 unspecified atom stereocenters. The number of hydrogen-bond donors (Lipinski definition) is 1. The lowest BCUT2D eigenvalue weighted by atomic mass is 9.83. The first-order valence-corrected chi connectivity index (χ1v) is 8.95. The van der Waals surface area contributed by atoms with Crippen LogP contribution < -0.4 is 4.74 Å². The van der Waals surface area contributed by atoms with Gasteiger partial charge in [0.15, 0.2) is 0 Å². The predicted molar refractivity (Wildman–Crippen MR) is 97.3 cm³/mol. The lowest BCUT2D eigenvalue weighted by molar-refractivity contribution is 0.0217. The zero-order valence-electron chi connectivity index (χ0n) is 14.9. The number of aliphatic hydroxyl groups excluding tert-OH is 1. The zero-order chi connectivity index (χ0) is 17.1. The quantitative estimate of drug-likeness (QED) is 0.907. The molecule has 1 aromatic heterocycles. The van der Waals surface area contributed by atoms with E-state index in [2.05, 4.69) is 23.9 Å². The molecule has 1 aliphatic heterocycles. The van der Waals surface area contributed by atoms with Gasteiger partial charge in [0.1, 0.15) is 5.75 Å². The van der Waals surface area contributed by atoms with Crippen molar-refractivity contribution in [2.75, 3.05) is 20.7 Å². The minimum Gasteiger partial charge on any atom is -0.497 e. The molecule has 0 saturated carbocycles. The average molecular weight is 328 g/mol. The van der Waals surface area contributed by atoms with E-state index in [1.807, 2.05) is 24.3 Å². The van der Waals surface area contributed by atoms with Crippen molar-refractivity contribution in [1.29, 1.82) is 0 Å². The summed E-state index contributed by atoms with van der Waals surface area (Å²) in [5, 5.41) is 12.1. The van der Waals surface area contributed by atoms with Crippen molar-refractivity contribution in [2.24, 2.45) is 5.92 Å². The fourth-order valence-corrected chi connectivity index (χ4v) is 3.97. The maximum Gasteiger partial charge on any atom is 0.119 e. The summed E-state index contributed by atoms with van der Waals surface area (Å²) in [6.07, 6.45) is 6.04. The van der Waals surface area contributed by atoms with Gasteiger partial charge in [-0.25, -0.2) is 0 Å². The number of likely N-dealkylation sites (tertiary alicyclic amines) is 1. The Labute approximate surface area is 144 Å². The monoisotopic (exact) mass is 328 g/mol. The molecule has 0 bridgehead atoms. The predicted octanol–water partition coefficient (Wildman–Crippen LogP) is 3.79. The molecule has 1 saturated heterocycles. The fourth-order valence-electron chi connectivity index (χ4n) is 3.97. The van der Waals surface area contributed by atoms with Gasteiger partial charge in [0.2, 0.25) is 0 Å². The Kier molecular flexibility index (Phi) is 5.36. The van der Waals surface area contributed by atoms with E-state index in [9.17, 15) is 5.11 Å². The molecule has 24 heavy (non-hydrogen) atoms. The highest BCUT2D eigenvalue weighted by Crippen LogP contribution is 2.35. The molecule has 3 atom stereocenters. The molecule has 0 amide bonds. The van der Waals surface area contributed by atoms with Crippen LogP contribution in [0.2, 0.25) is 0 Å². The smallest absolute Gasteiger partial charge is 0.119 e. The Morgan fingerprint density at radius 2 is 2.21 bits per heavy atom. The van der Waals surface area contributed by atoms with Crippen LogP contribution in [0, 0.1) is 5.92 Å². The van der Waals surface area contributed by atoms with Crippen molar-refractivity contribution >= 4 is 10.9 Å². The van der Waals surface area contributed by atoms with E-state index >= 15 is 0 Å². The number of ether oxygens (including phenoxy) is 1. The molecule has 4 nitrogen and oxygen atoms in total. The Balaban J connectivity index is 1.93. The summed E-state index contributed by atoms with van der Waals surface area (Å²) < 4.78 is 5.35. The number of fused-ring (bicyclic) bond motifs is 1. The molecular formula is C20H28N2O2. The second-order valence-corrected chi connectivity index (χ2v) is 6.96. The summed E-state index contributed by atoms with van der Waals surface area (Å²) >= 11 is 0. The van der Waals surface area contributed by atoms with Crippen molar-refractivity contribution in [3.8, 4) is 5.75 Å². The minimum absolute atomic E-state index is 0.159. The number of piperidine rings is 1. The van der Waals surface area contributed by atoms with Crippen LogP contribution >= 0.6 is 0 Å². The van der Waals surface area contributed by atoms with E-state index in [0.29, 0.717) is 5.92 Å². The first kappa shape index (κ1) is 17.2. The topological polar surface area (TPSA) is 45.6 Å². The van der Waals surface area contributed by atoms with Crippen LogP contribution in [0.1, 0.15) is 44.3 Å². The van der Waals surface area contributed by atoms with E-state index in [-0.39, 0.29) is 6.04 Å². The van der Waals surface area contributed by atoms with Gasteiger partial charge in [-0.3, -0.25) is 4.98 Å². The van der Waals surface area contributed by atoms with Crippen molar-refractivity contribution in [2.45, 2.75) is 44.8 Å². The van der Waals surface area contributed by atoms with E-state index in [1.165, 1.54) is 19.3 Å². The lowest BCUT2D eigenvalue weighted by Crippen LogP contribution is -2.43. The molecule has 2 aromatic rings. The number of pyridine rings is 1. The normalized spacial score (nSPS) is 23.3. The van der Waals surface area contributed by atoms with Crippen LogP contribution in [0.3, 0.4) is 0 Å². The zero-order valence-corrected chi connectivity index (χ0v) is 14.9. The van der Waals surface area contributed by atoms with E-state index in [4.69, 9.17) is 4.74 Å². The summed E-state index contributed by atoms with van der Waals surface area (Å²) in [5.74, 6) is 1.51. The highest BCUT2D eigenvalue weighted by molar-refractivity contribution is 5.83. The van der Waals surface area contributed by atoms with Crippen molar-refractivity contribution < 1.29 is 9.84 Å². The molecule has 1 aromatic carbocycles.